The molecule has 0 bridgehead atoms. The van der Waals surface area contributed by atoms with Gasteiger partial charge in [0.2, 0.25) is 0 Å². The molecule has 3 N–H and O–H groups in total. The zero-order valence-electron chi connectivity index (χ0n) is 10.9. The normalized spacial score (nSPS) is 17.1. The van der Waals surface area contributed by atoms with Crippen LogP contribution in [0.4, 0.5) is 5.69 Å². The van der Waals surface area contributed by atoms with Gasteiger partial charge in [-0.1, -0.05) is 18.2 Å². The van der Waals surface area contributed by atoms with Crippen molar-refractivity contribution in [2.45, 2.75) is 10.9 Å². The Morgan fingerprint density at radius 1 is 1.19 bits per heavy atom. The third kappa shape index (κ3) is 2.28. The molecule has 1 aliphatic rings. The highest BCUT2D eigenvalue weighted by Crippen LogP contribution is 2.40. The smallest absolute Gasteiger partial charge is 0.323 e. The fourth-order valence-corrected chi connectivity index (χ4v) is 4.26. The van der Waals surface area contributed by atoms with Crippen LogP contribution in [0.15, 0.2) is 50.6 Å². The van der Waals surface area contributed by atoms with E-state index in [1.807, 2.05) is 23.9 Å². The van der Waals surface area contributed by atoms with Gasteiger partial charge in [0.15, 0.2) is 0 Å². The number of benzene rings is 2. The minimum Gasteiger partial charge on any atom is -0.376 e. The van der Waals surface area contributed by atoms with E-state index in [1.165, 1.54) is 10.5 Å². The Hall–Kier alpha value is -1.66. The van der Waals surface area contributed by atoms with Gasteiger partial charge in [-0.15, -0.1) is 11.8 Å². The zero-order valence-corrected chi connectivity index (χ0v) is 13.3. The van der Waals surface area contributed by atoms with Crippen LogP contribution in [-0.2, 0) is 0 Å². The van der Waals surface area contributed by atoms with Crippen LogP contribution < -0.4 is 11.0 Å². The molecule has 1 aliphatic heterocycles. The molecule has 0 aliphatic carbocycles. The Labute approximate surface area is 133 Å². The van der Waals surface area contributed by atoms with Crippen molar-refractivity contribution in [2.24, 2.45) is 0 Å². The van der Waals surface area contributed by atoms with Gasteiger partial charge < -0.3 is 15.3 Å². The van der Waals surface area contributed by atoms with Crippen molar-refractivity contribution in [3.8, 4) is 0 Å². The van der Waals surface area contributed by atoms with Crippen LogP contribution in [0.5, 0.6) is 0 Å². The second-order valence-electron chi connectivity index (χ2n) is 5.00. The predicted molar refractivity (Wildman–Crippen MR) is 90.1 cm³/mol. The standard InChI is InChI=1S/C15H12BrN3OS/c16-9-5-11-12(19-15(20)18-11)6-10(9)17-13-7-21-14-4-2-1-3-8(13)14/h1-6,13,17H,7H2,(H2,18,19,20). The number of aromatic nitrogens is 2. The highest BCUT2D eigenvalue weighted by molar-refractivity contribution is 9.10. The number of thioether (sulfide) groups is 1. The second-order valence-corrected chi connectivity index (χ2v) is 6.92. The first-order chi connectivity index (χ1) is 10.2. The van der Waals surface area contributed by atoms with Crippen LogP contribution >= 0.6 is 27.7 Å². The van der Waals surface area contributed by atoms with Gasteiger partial charge in [0.25, 0.3) is 0 Å². The van der Waals surface area contributed by atoms with Gasteiger partial charge in [-0.3, -0.25) is 0 Å². The third-order valence-electron chi connectivity index (χ3n) is 3.63. The van der Waals surface area contributed by atoms with Gasteiger partial charge in [0, 0.05) is 15.1 Å². The molecule has 1 atom stereocenters. The summed E-state index contributed by atoms with van der Waals surface area (Å²) in [5.74, 6) is 1.01. The molecule has 4 rings (SSSR count). The molecular weight excluding hydrogens is 350 g/mol. The van der Waals surface area contributed by atoms with Crippen molar-refractivity contribution in [3.05, 3.63) is 56.9 Å². The molecule has 2 aromatic carbocycles. The van der Waals surface area contributed by atoms with Gasteiger partial charge in [0.05, 0.1) is 22.8 Å². The first-order valence-electron chi connectivity index (χ1n) is 6.60. The van der Waals surface area contributed by atoms with Crippen LogP contribution in [0.1, 0.15) is 11.6 Å². The van der Waals surface area contributed by atoms with E-state index in [2.05, 4.69) is 55.5 Å². The molecule has 4 nitrogen and oxygen atoms in total. The van der Waals surface area contributed by atoms with Crippen LogP contribution in [0.2, 0.25) is 0 Å². The van der Waals surface area contributed by atoms with Crippen LogP contribution in [0.25, 0.3) is 11.0 Å². The van der Waals surface area contributed by atoms with Crippen molar-refractivity contribution in [2.75, 3.05) is 11.1 Å². The van der Waals surface area contributed by atoms with E-state index < -0.39 is 0 Å². The van der Waals surface area contributed by atoms with Crippen LogP contribution in [0, 0.1) is 0 Å². The lowest BCUT2D eigenvalue weighted by molar-refractivity contribution is 0.899. The molecule has 106 valence electrons. The zero-order chi connectivity index (χ0) is 14.4. The van der Waals surface area contributed by atoms with Crippen molar-refractivity contribution < 1.29 is 0 Å². The molecule has 2 heterocycles. The highest BCUT2D eigenvalue weighted by atomic mass is 79.9. The maximum absolute atomic E-state index is 11.4. The molecule has 0 fully saturated rings. The van der Waals surface area contributed by atoms with Gasteiger partial charge in [-0.05, 0) is 39.7 Å². The maximum Gasteiger partial charge on any atom is 0.323 e. The highest BCUT2D eigenvalue weighted by Gasteiger charge is 2.23. The molecule has 1 unspecified atom stereocenters. The number of halogens is 1. The quantitative estimate of drug-likeness (QED) is 0.649. The molecular formula is C15H12BrN3OS. The number of anilines is 1. The molecule has 0 amide bonds. The summed E-state index contributed by atoms with van der Waals surface area (Å²) in [7, 11) is 0. The van der Waals surface area contributed by atoms with E-state index in [0.29, 0.717) is 0 Å². The number of nitrogens with one attached hydrogen (secondary N) is 3. The minimum atomic E-state index is -0.184. The molecule has 6 heteroatoms. The summed E-state index contributed by atoms with van der Waals surface area (Å²) in [5, 5.41) is 3.56. The minimum absolute atomic E-state index is 0.184. The number of hydrogen-bond acceptors (Lipinski definition) is 3. The SMILES string of the molecule is O=c1[nH]c2cc(Br)c(NC3CSc4ccccc43)cc2[nH]1. The number of imidazole rings is 1. The van der Waals surface area contributed by atoms with E-state index >= 15 is 0 Å². The summed E-state index contributed by atoms with van der Waals surface area (Å²) >= 11 is 5.44. The van der Waals surface area contributed by atoms with E-state index in [9.17, 15) is 4.79 Å². The Morgan fingerprint density at radius 2 is 1.95 bits per heavy atom. The molecule has 21 heavy (non-hydrogen) atoms. The van der Waals surface area contributed by atoms with E-state index in [-0.39, 0.29) is 11.7 Å². The molecule has 0 radical (unpaired) electrons. The average Bonchev–Trinajstić information content (AvgIpc) is 3.02. The monoisotopic (exact) mass is 361 g/mol. The molecule has 0 saturated heterocycles. The van der Waals surface area contributed by atoms with Gasteiger partial charge in [-0.2, -0.15) is 0 Å². The fraction of sp³-hybridized carbons (Fsp3) is 0.133. The summed E-state index contributed by atoms with van der Waals surface area (Å²) < 4.78 is 0.944. The van der Waals surface area contributed by atoms with Crippen LogP contribution in [0.3, 0.4) is 0 Å². The molecule has 3 aromatic rings. The van der Waals surface area contributed by atoms with Crippen molar-refractivity contribution in [1.29, 1.82) is 0 Å². The Bertz CT molecular complexity index is 886. The summed E-state index contributed by atoms with van der Waals surface area (Å²) in [6.45, 7) is 0. The fourth-order valence-electron chi connectivity index (χ4n) is 2.64. The first-order valence-corrected chi connectivity index (χ1v) is 8.38. The second kappa shape index (κ2) is 4.96. The average molecular weight is 362 g/mol. The number of aromatic amines is 2. The summed E-state index contributed by atoms with van der Waals surface area (Å²) in [5.41, 5.74) is 3.75. The lowest BCUT2D eigenvalue weighted by Crippen LogP contribution is -2.10. The van der Waals surface area contributed by atoms with E-state index in [1.54, 1.807) is 0 Å². The summed E-state index contributed by atoms with van der Waals surface area (Å²) in [6.07, 6.45) is 0. The lowest BCUT2D eigenvalue weighted by Gasteiger charge is -2.16. The first kappa shape index (κ1) is 13.0. The molecule has 0 spiro atoms. The van der Waals surface area contributed by atoms with E-state index in [4.69, 9.17) is 0 Å². The van der Waals surface area contributed by atoms with Crippen molar-refractivity contribution in [3.63, 3.8) is 0 Å². The number of hydrogen-bond donors (Lipinski definition) is 3. The van der Waals surface area contributed by atoms with Gasteiger partial charge in [-0.25, -0.2) is 4.79 Å². The number of H-pyrrole nitrogens is 2. The predicted octanol–water partition coefficient (Wildman–Crippen LogP) is 3.88. The molecule has 1 aromatic heterocycles. The lowest BCUT2D eigenvalue weighted by atomic mass is 10.1. The summed E-state index contributed by atoms with van der Waals surface area (Å²) in [4.78, 5) is 18.3. The van der Waals surface area contributed by atoms with Crippen molar-refractivity contribution in [1.82, 2.24) is 9.97 Å². The Morgan fingerprint density at radius 3 is 2.81 bits per heavy atom. The van der Waals surface area contributed by atoms with Crippen molar-refractivity contribution >= 4 is 44.4 Å². The maximum atomic E-state index is 11.4. The van der Waals surface area contributed by atoms with E-state index in [0.717, 1.165) is 26.9 Å². The third-order valence-corrected chi connectivity index (χ3v) is 5.47. The number of fused-ring (bicyclic) bond motifs is 2. The Kier molecular flexibility index (Phi) is 3.08. The van der Waals surface area contributed by atoms with Gasteiger partial charge >= 0.3 is 5.69 Å². The molecule has 0 saturated carbocycles. The van der Waals surface area contributed by atoms with Gasteiger partial charge in [0.1, 0.15) is 0 Å². The Balaban J connectivity index is 1.72. The number of rotatable bonds is 2. The largest absolute Gasteiger partial charge is 0.376 e. The summed E-state index contributed by atoms with van der Waals surface area (Å²) in [6, 6.07) is 12.6. The topological polar surface area (TPSA) is 60.7 Å². The van der Waals surface area contributed by atoms with Crippen LogP contribution in [-0.4, -0.2) is 15.7 Å².